The van der Waals surface area contributed by atoms with Crippen molar-refractivity contribution in [3.63, 3.8) is 0 Å². The number of fused-ring (bicyclic) bond motifs is 1. The second-order valence-corrected chi connectivity index (χ2v) is 14.6. The Labute approximate surface area is 273 Å². The number of esters is 2. The Bertz CT molecular complexity index is 1590. The SMILES string of the molecule is CC1=C(c2ccc(OC(=O)C(C)(C)C)cc2)C(c2ccc(OCCN3CCC(C)C3)cc2)Oc2cc(OC(=O)C(C)(C)C)ccc21. The van der Waals surface area contributed by atoms with Crippen LogP contribution < -0.4 is 18.9 Å². The molecule has 3 aromatic carbocycles. The van der Waals surface area contributed by atoms with E-state index >= 15 is 0 Å². The highest BCUT2D eigenvalue weighted by molar-refractivity contribution is 5.96. The molecule has 46 heavy (non-hydrogen) atoms. The Morgan fingerprint density at radius 1 is 0.826 bits per heavy atom. The van der Waals surface area contributed by atoms with Gasteiger partial charge in [-0.1, -0.05) is 31.2 Å². The standard InChI is InChI=1S/C39H47NO6/c1-25-19-20-40(24-25)21-22-43-29-13-11-28(12-14-29)35-34(27-9-15-30(16-10-27)44-36(41)38(3,4)5)26(2)32-18-17-31(23-33(32)46-35)45-37(42)39(6,7)8/h9-18,23,25,35H,19-22,24H2,1-8H3. The van der Waals surface area contributed by atoms with E-state index in [0.29, 0.717) is 23.9 Å². The van der Waals surface area contributed by atoms with Crippen molar-refractivity contribution in [3.8, 4) is 23.0 Å². The lowest BCUT2D eigenvalue weighted by molar-refractivity contribution is -0.143. The van der Waals surface area contributed by atoms with Crippen LogP contribution in [0.15, 0.2) is 66.7 Å². The Morgan fingerprint density at radius 2 is 1.41 bits per heavy atom. The molecule has 0 aliphatic carbocycles. The molecule has 7 heteroatoms. The molecular formula is C39H47NO6. The van der Waals surface area contributed by atoms with Crippen LogP contribution >= 0.6 is 0 Å². The van der Waals surface area contributed by atoms with Crippen molar-refractivity contribution in [2.45, 2.75) is 67.9 Å². The molecule has 1 saturated heterocycles. The van der Waals surface area contributed by atoms with E-state index < -0.39 is 16.9 Å². The Hall–Kier alpha value is -4.10. The van der Waals surface area contributed by atoms with Crippen molar-refractivity contribution in [2.75, 3.05) is 26.2 Å². The summed E-state index contributed by atoms with van der Waals surface area (Å²) in [6.45, 7) is 19.2. The summed E-state index contributed by atoms with van der Waals surface area (Å²) in [7, 11) is 0. The second kappa shape index (κ2) is 13.3. The highest BCUT2D eigenvalue weighted by Gasteiger charge is 2.31. The maximum atomic E-state index is 12.6. The molecule has 0 saturated carbocycles. The molecule has 0 bridgehead atoms. The number of allylic oxidation sites excluding steroid dienone is 1. The summed E-state index contributed by atoms with van der Waals surface area (Å²) in [5, 5.41) is 0. The van der Waals surface area contributed by atoms with E-state index in [1.807, 2.05) is 96.1 Å². The number of carbonyl (C=O) groups is 2. The van der Waals surface area contributed by atoms with Gasteiger partial charge in [0.25, 0.3) is 0 Å². The van der Waals surface area contributed by atoms with Crippen LogP contribution in [0, 0.1) is 16.7 Å². The summed E-state index contributed by atoms with van der Waals surface area (Å²) in [6.07, 6.45) is 0.809. The van der Waals surface area contributed by atoms with Crippen LogP contribution in [0.4, 0.5) is 0 Å². The van der Waals surface area contributed by atoms with Crippen molar-refractivity contribution >= 4 is 23.1 Å². The molecule has 0 N–H and O–H groups in total. The molecule has 1 fully saturated rings. The zero-order chi connectivity index (χ0) is 33.2. The number of rotatable bonds is 8. The molecule has 0 amide bonds. The summed E-state index contributed by atoms with van der Waals surface area (Å²) >= 11 is 0. The maximum absolute atomic E-state index is 12.6. The van der Waals surface area contributed by atoms with Crippen molar-refractivity contribution in [2.24, 2.45) is 16.7 Å². The number of nitrogens with zero attached hydrogens (tertiary/aromatic N) is 1. The number of likely N-dealkylation sites (tertiary alicyclic amines) is 1. The lowest BCUT2D eigenvalue weighted by Crippen LogP contribution is -2.26. The molecule has 0 aromatic heterocycles. The number of carbonyl (C=O) groups excluding carboxylic acids is 2. The number of hydrogen-bond donors (Lipinski definition) is 0. The molecule has 2 aliphatic heterocycles. The first-order valence-electron chi connectivity index (χ1n) is 16.2. The Kier molecular flexibility index (Phi) is 9.64. The van der Waals surface area contributed by atoms with E-state index in [4.69, 9.17) is 18.9 Å². The normalized spacial score (nSPS) is 18.5. The summed E-state index contributed by atoms with van der Waals surface area (Å²) in [5.41, 5.74) is 3.63. The molecule has 2 atom stereocenters. The first kappa shape index (κ1) is 33.3. The molecule has 5 rings (SSSR count). The van der Waals surface area contributed by atoms with Gasteiger partial charge in [-0.25, -0.2) is 0 Å². The van der Waals surface area contributed by atoms with E-state index in [-0.39, 0.29) is 11.9 Å². The molecule has 2 heterocycles. The fourth-order valence-corrected chi connectivity index (χ4v) is 5.59. The van der Waals surface area contributed by atoms with Crippen LogP contribution in [0.5, 0.6) is 23.0 Å². The third-order valence-electron chi connectivity index (χ3n) is 8.45. The first-order chi connectivity index (χ1) is 21.7. The number of ether oxygens (including phenoxy) is 4. The van der Waals surface area contributed by atoms with Crippen LogP contribution in [0.1, 0.15) is 84.6 Å². The highest BCUT2D eigenvalue weighted by atomic mass is 16.5. The van der Waals surface area contributed by atoms with Gasteiger partial charge in [0, 0.05) is 30.3 Å². The molecule has 244 valence electrons. The van der Waals surface area contributed by atoms with Gasteiger partial charge in [-0.3, -0.25) is 14.5 Å². The lowest BCUT2D eigenvalue weighted by atomic mass is 9.86. The second-order valence-electron chi connectivity index (χ2n) is 14.6. The maximum Gasteiger partial charge on any atom is 0.316 e. The monoisotopic (exact) mass is 625 g/mol. The predicted molar refractivity (Wildman–Crippen MR) is 181 cm³/mol. The van der Waals surface area contributed by atoms with Crippen LogP contribution in [-0.4, -0.2) is 43.1 Å². The molecule has 0 spiro atoms. The third-order valence-corrected chi connectivity index (χ3v) is 8.45. The van der Waals surface area contributed by atoms with Crippen molar-refractivity contribution in [1.82, 2.24) is 4.90 Å². The van der Waals surface area contributed by atoms with E-state index in [2.05, 4.69) is 18.7 Å². The number of hydrogen-bond acceptors (Lipinski definition) is 7. The van der Waals surface area contributed by atoms with E-state index in [1.54, 1.807) is 12.1 Å². The van der Waals surface area contributed by atoms with E-state index in [0.717, 1.165) is 59.1 Å². The minimum Gasteiger partial charge on any atom is -0.492 e. The molecule has 3 aromatic rings. The van der Waals surface area contributed by atoms with Gasteiger partial charge in [-0.2, -0.15) is 0 Å². The lowest BCUT2D eigenvalue weighted by Gasteiger charge is -2.31. The van der Waals surface area contributed by atoms with E-state index in [9.17, 15) is 9.59 Å². The fourth-order valence-electron chi connectivity index (χ4n) is 5.59. The first-order valence-corrected chi connectivity index (χ1v) is 16.2. The highest BCUT2D eigenvalue weighted by Crippen LogP contribution is 2.48. The molecule has 0 radical (unpaired) electrons. The average molecular weight is 626 g/mol. The summed E-state index contributed by atoms with van der Waals surface area (Å²) in [5.74, 6) is 2.54. The zero-order valence-corrected chi connectivity index (χ0v) is 28.4. The Balaban J connectivity index is 1.43. The zero-order valence-electron chi connectivity index (χ0n) is 28.4. The largest absolute Gasteiger partial charge is 0.492 e. The smallest absolute Gasteiger partial charge is 0.316 e. The topological polar surface area (TPSA) is 74.3 Å². The van der Waals surface area contributed by atoms with Gasteiger partial charge in [-0.05, 0) is 120 Å². The van der Waals surface area contributed by atoms with Crippen LogP contribution in [0.2, 0.25) is 0 Å². The summed E-state index contributed by atoms with van der Waals surface area (Å²) in [6, 6.07) is 21.1. The third kappa shape index (κ3) is 7.81. The molecule has 7 nitrogen and oxygen atoms in total. The quantitative estimate of drug-likeness (QED) is 0.184. The Morgan fingerprint density at radius 3 is 2.00 bits per heavy atom. The van der Waals surface area contributed by atoms with Gasteiger partial charge < -0.3 is 18.9 Å². The van der Waals surface area contributed by atoms with Crippen LogP contribution in [0.3, 0.4) is 0 Å². The van der Waals surface area contributed by atoms with Gasteiger partial charge in [0.15, 0.2) is 0 Å². The van der Waals surface area contributed by atoms with Crippen molar-refractivity contribution in [3.05, 3.63) is 83.4 Å². The number of benzene rings is 3. The van der Waals surface area contributed by atoms with Gasteiger partial charge in [-0.15, -0.1) is 0 Å². The van der Waals surface area contributed by atoms with Crippen molar-refractivity contribution < 1.29 is 28.5 Å². The summed E-state index contributed by atoms with van der Waals surface area (Å²) < 4.78 is 24.1. The minimum atomic E-state index is -0.633. The van der Waals surface area contributed by atoms with Gasteiger partial charge in [0.2, 0.25) is 0 Å². The van der Waals surface area contributed by atoms with E-state index in [1.165, 1.54) is 6.42 Å². The summed E-state index contributed by atoms with van der Waals surface area (Å²) in [4.78, 5) is 27.5. The molecule has 2 aliphatic rings. The minimum absolute atomic E-state index is 0.288. The van der Waals surface area contributed by atoms with Gasteiger partial charge in [0.05, 0.1) is 10.8 Å². The van der Waals surface area contributed by atoms with Gasteiger partial charge in [0.1, 0.15) is 35.7 Å². The van der Waals surface area contributed by atoms with Gasteiger partial charge >= 0.3 is 11.9 Å². The fraction of sp³-hybridized carbons (Fsp3) is 0.436. The van der Waals surface area contributed by atoms with Crippen molar-refractivity contribution in [1.29, 1.82) is 0 Å². The predicted octanol–water partition coefficient (Wildman–Crippen LogP) is 8.37. The average Bonchev–Trinajstić information content (AvgIpc) is 3.41. The van der Waals surface area contributed by atoms with Crippen LogP contribution in [-0.2, 0) is 9.59 Å². The molecular weight excluding hydrogens is 578 g/mol. The van der Waals surface area contributed by atoms with Crippen LogP contribution in [0.25, 0.3) is 11.1 Å². The molecule has 2 unspecified atom stereocenters.